The van der Waals surface area contributed by atoms with Crippen LogP contribution in [0.3, 0.4) is 0 Å². The highest BCUT2D eigenvalue weighted by Crippen LogP contribution is 2.34. The SMILES string of the molecule is CCOC(=O)[C@@H]1CCC=C([Si]23OCCN(CCO2)CCO3)C1. The number of nitrogens with zero attached hydrogens (tertiary/aromatic N) is 1. The highest BCUT2D eigenvalue weighted by Gasteiger charge is 2.49. The van der Waals surface area contributed by atoms with Gasteiger partial charge in [0.2, 0.25) is 0 Å². The molecule has 124 valence electrons. The second-order valence-electron chi connectivity index (χ2n) is 5.90. The van der Waals surface area contributed by atoms with Gasteiger partial charge >= 0.3 is 14.8 Å². The number of carbonyl (C=O) groups is 1. The molecule has 6 nitrogen and oxygen atoms in total. The number of rotatable bonds is 3. The number of carbonyl (C=O) groups excluding carboxylic acids is 1. The van der Waals surface area contributed by atoms with Crippen molar-refractivity contribution >= 4 is 14.8 Å². The number of ether oxygens (including phenoxy) is 1. The fraction of sp³-hybridized carbons (Fsp3) is 0.800. The lowest BCUT2D eigenvalue weighted by Gasteiger charge is -2.40. The Morgan fingerprint density at radius 2 is 1.91 bits per heavy atom. The third-order valence-corrected chi connectivity index (χ3v) is 7.43. The van der Waals surface area contributed by atoms with Gasteiger partial charge in [0.05, 0.1) is 32.3 Å². The molecule has 3 heterocycles. The van der Waals surface area contributed by atoms with Crippen molar-refractivity contribution in [3.05, 3.63) is 11.3 Å². The van der Waals surface area contributed by atoms with Gasteiger partial charge in [0.25, 0.3) is 0 Å². The maximum atomic E-state index is 12.1. The molecule has 0 aromatic carbocycles. The molecule has 22 heavy (non-hydrogen) atoms. The average Bonchev–Trinajstić information content (AvgIpc) is 2.46. The van der Waals surface area contributed by atoms with Gasteiger partial charge in [-0.25, -0.2) is 0 Å². The van der Waals surface area contributed by atoms with E-state index in [1.54, 1.807) is 0 Å². The standard InChI is InChI=1S/C15H25NO5Si/c1-2-18-15(17)13-4-3-5-14(12-13)22-19-9-6-16(7-10-20-22)8-11-21-22/h5,13H,2-4,6-12H2,1H3/t13-/m1/s1. The third-order valence-electron chi connectivity index (χ3n) is 4.48. The molecule has 0 unspecified atom stereocenters. The van der Waals surface area contributed by atoms with E-state index in [4.69, 9.17) is 18.0 Å². The van der Waals surface area contributed by atoms with E-state index in [0.717, 1.165) is 37.7 Å². The summed E-state index contributed by atoms with van der Waals surface area (Å²) in [5.41, 5.74) is 0. The fourth-order valence-corrected chi connectivity index (χ4v) is 6.06. The Morgan fingerprint density at radius 3 is 2.50 bits per heavy atom. The highest BCUT2D eigenvalue weighted by molar-refractivity contribution is 6.68. The van der Waals surface area contributed by atoms with Crippen LogP contribution in [0.15, 0.2) is 11.3 Å². The van der Waals surface area contributed by atoms with E-state index in [1.807, 2.05) is 6.92 Å². The summed E-state index contributed by atoms with van der Waals surface area (Å²) in [4.78, 5) is 14.4. The lowest BCUT2D eigenvalue weighted by molar-refractivity contribution is -0.148. The Hall–Kier alpha value is -0.733. The molecule has 0 amide bonds. The minimum Gasteiger partial charge on any atom is -0.466 e. The van der Waals surface area contributed by atoms with Crippen molar-refractivity contribution in [2.75, 3.05) is 46.1 Å². The predicted molar refractivity (Wildman–Crippen MR) is 82.1 cm³/mol. The molecule has 7 heteroatoms. The normalized spacial score (nSPS) is 36.0. The molecule has 3 fully saturated rings. The zero-order valence-electron chi connectivity index (χ0n) is 13.2. The van der Waals surface area contributed by atoms with Crippen LogP contribution in [0, 0.1) is 5.92 Å². The fourth-order valence-electron chi connectivity index (χ4n) is 3.29. The number of hydrogen-bond acceptors (Lipinski definition) is 6. The van der Waals surface area contributed by atoms with Gasteiger partial charge < -0.3 is 18.0 Å². The minimum atomic E-state index is -2.81. The van der Waals surface area contributed by atoms with Crippen LogP contribution in [-0.4, -0.2) is 65.7 Å². The highest BCUT2D eigenvalue weighted by atomic mass is 28.4. The zero-order valence-corrected chi connectivity index (χ0v) is 14.2. The first-order valence-electron chi connectivity index (χ1n) is 8.24. The molecule has 1 atom stereocenters. The lowest BCUT2D eigenvalue weighted by atomic mass is 9.94. The summed E-state index contributed by atoms with van der Waals surface area (Å²) in [5.74, 6) is -0.202. The van der Waals surface area contributed by atoms with Gasteiger partial charge in [-0.15, -0.1) is 0 Å². The Kier molecular flexibility index (Phi) is 5.30. The van der Waals surface area contributed by atoms with Crippen molar-refractivity contribution in [2.45, 2.75) is 26.2 Å². The van der Waals surface area contributed by atoms with Crippen molar-refractivity contribution in [3.8, 4) is 0 Å². The number of hydrogen-bond donors (Lipinski definition) is 0. The Bertz CT molecular complexity index is 415. The molecule has 3 saturated heterocycles. The molecular weight excluding hydrogens is 302 g/mol. The van der Waals surface area contributed by atoms with Gasteiger partial charge in [-0.05, 0) is 31.4 Å². The topological polar surface area (TPSA) is 57.2 Å². The van der Waals surface area contributed by atoms with E-state index >= 15 is 0 Å². The summed E-state index contributed by atoms with van der Waals surface area (Å²) in [7, 11) is -2.81. The molecule has 0 spiro atoms. The van der Waals surface area contributed by atoms with Gasteiger partial charge in [0.1, 0.15) is 0 Å². The Morgan fingerprint density at radius 1 is 1.27 bits per heavy atom. The van der Waals surface area contributed by atoms with Crippen molar-refractivity contribution in [1.82, 2.24) is 4.90 Å². The number of allylic oxidation sites excluding steroid dienone is 2. The van der Waals surface area contributed by atoms with Crippen molar-refractivity contribution in [3.63, 3.8) is 0 Å². The van der Waals surface area contributed by atoms with Gasteiger partial charge in [-0.2, -0.15) is 0 Å². The van der Waals surface area contributed by atoms with E-state index in [0.29, 0.717) is 32.8 Å². The molecule has 0 N–H and O–H groups in total. The largest absolute Gasteiger partial charge is 0.532 e. The van der Waals surface area contributed by atoms with Crippen molar-refractivity contribution in [1.29, 1.82) is 0 Å². The van der Waals surface area contributed by atoms with E-state index < -0.39 is 8.80 Å². The summed E-state index contributed by atoms with van der Waals surface area (Å²) in [6.45, 7) is 6.95. The van der Waals surface area contributed by atoms with Gasteiger partial charge in [-0.1, -0.05) is 6.08 Å². The van der Waals surface area contributed by atoms with Gasteiger partial charge in [0, 0.05) is 19.6 Å². The Balaban J connectivity index is 1.75. The second kappa shape index (κ2) is 7.23. The summed E-state index contributed by atoms with van der Waals surface area (Å²) in [6, 6.07) is 0. The van der Waals surface area contributed by atoms with Crippen LogP contribution in [-0.2, 0) is 22.8 Å². The van der Waals surface area contributed by atoms with Crippen molar-refractivity contribution in [2.24, 2.45) is 5.92 Å². The zero-order chi connectivity index (χ0) is 15.4. The van der Waals surface area contributed by atoms with Gasteiger partial charge in [0.15, 0.2) is 0 Å². The molecule has 0 saturated carbocycles. The van der Waals surface area contributed by atoms with Crippen LogP contribution in [0.4, 0.5) is 0 Å². The smallest absolute Gasteiger partial charge is 0.466 e. The van der Waals surface area contributed by atoms with Crippen LogP contribution >= 0.6 is 0 Å². The van der Waals surface area contributed by atoms with Gasteiger partial charge in [-0.3, -0.25) is 9.69 Å². The summed E-state index contributed by atoms with van der Waals surface area (Å²) < 4.78 is 23.5. The molecule has 4 rings (SSSR count). The number of fused-ring (bicyclic) bond motifs is 6. The second-order valence-corrected chi connectivity index (χ2v) is 8.52. The molecule has 0 aromatic heterocycles. The first-order chi connectivity index (χ1) is 10.7. The minimum absolute atomic E-state index is 0.0926. The predicted octanol–water partition coefficient (Wildman–Crippen LogP) is 1.13. The van der Waals surface area contributed by atoms with Crippen LogP contribution in [0.2, 0.25) is 0 Å². The molecule has 2 bridgehead atoms. The van der Waals surface area contributed by atoms with Crippen LogP contribution in [0.1, 0.15) is 26.2 Å². The first kappa shape index (κ1) is 16.1. The van der Waals surface area contributed by atoms with E-state index in [2.05, 4.69) is 11.0 Å². The third kappa shape index (κ3) is 3.43. The van der Waals surface area contributed by atoms with Crippen LogP contribution in [0.25, 0.3) is 0 Å². The monoisotopic (exact) mass is 327 g/mol. The van der Waals surface area contributed by atoms with Crippen LogP contribution in [0.5, 0.6) is 0 Å². The molecule has 1 aliphatic carbocycles. The van der Waals surface area contributed by atoms with Crippen LogP contribution < -0.4 is 0 Å². The molecular formula is C15H25NO5Si. The average molecular weight is 327 g/mol. The first-order valence-corrected chi connectivity index (χ1v) is 9.96. The van der Waals surface area contributed by atoms with E-state index in [-0.39, 0.29) is 11.9 Å². The molecule has 3 aliphatic heterocycles. The summed E-state index contributed by atoms with van der Waals surface area (Å²) >= 11 is 0. The maximum absolute atomic E-state index is 12.1. The van der Waals surface area contributed by atoms with E-state index in [1.165, 1.54) is 0 Å². The number of esters is 1. The Labute approximate surface area is 132 Å². The molecule has 0 radical (unpaired) electrons. The van der Waals surface area contributed by atoms with Crippen molar-refractivity contribution < 1.29 is 22.8 Å². The molecule has 0 aromatic rings. The molecule has 4 aliphatic rings. The summed E-state index contributed by atoms with van der Waals surface area (Å²) in [6.07, 6.45) is 4.51. The lowest BCUT2D eigenvalue weighted by Crippen LogP contribution is -2.57. The summed E-state index contributed by atoms with van der Waals surface area (Å²) in [5, 5.41) is 1.08. The quantitative estimate of drug-likeness (QED) is 0.572. The maximum Gasteiger partial charge on any atom is 0.532 e. The van der Waals surface area contributed by atoms with E-state index in [9.17, 15) is 4.79 Å².